The van der Waals surface area contributed by atoms with E-state index in [-0.39, 0.29) is 29.1 Å². The maximum absolute atomic E-state index is 13.3. The fraction of sp³-hybridized carbons (Fsp3) is 0.350. The van der Waals surface area contributed by atoms with Crippen LogP contribution in [0.4, 0.5) is 4.39 Å². The number of ether oxygens (including phenoxy) is 1. The van der Waals surface area contributed by atoms with Gasteiger partial charge in [0.1, 0.15) is 5.82 Å². The van der Waals surface area contributed by atoms with Crippen molar-refractivity contribution in [3.63, 3.8) is 0 Å². The Morgan fingerprint density at radius 3 is 2.29 bits per heavy atom. The lowest BCUT2D eigenvalue weighted by Gasteiger charge is -2.34. The molecule has 1 aliphatic rings. The van der Waals surface area contributed by atoms with Crippen LogP contribution < -0.4 is 4.72 Å². The van der Waals surface area contributed by atoms with Crippen LogP contribution in [0.15, 0.2) is 53.4 Å². The number of hydrogen-bond donors (Lipinski definition) is 1. The van der Waals surface area contributed by atoms with Crippen molar-refractivity contribution in [1.82, 2.24) is 9.62 Å². The van der Waals surface area contributed by atoms with Crippen LogP contribution in [-0.4, -0.2) is 51.9 Å². The molecule has 1 heterocycles. The van der Waals surface area contributed by atoms with Crippen molar-refractivity contribution in [3.8, 4) is 0 Å². The van der Waals surface area contributed by atoms with Gasteiger partial charge in [-0.15, -0.1) is 0 Å². The minimum absolute atomic E-state index is 0.0948. The van der Waals surface area contributed by atoms with E-state index < -0.39 is 10.0 Å². The predicted octanol–water partition coefficient (Wildman–Crippen LogP) is 2.38. The summed E-state index contributed by atoms with van der Waals surface area (Å²) in [5, 5.41) is 0. The Labute approximate surface area is 164 Å². The van der Waals surface area contributed by atoms with Crippen molar-refractivity contribution in [1.29, 1.82) is 0 Å². The van der Waals surface area contributed by atoms with Crippen LogP contribution in [0.3, 0.4) is 0 Å². The minimum atomic E-state index is -3.75. The number of ketones is 1. The van der Waals surface area contributed by atoms with Crippen molar-refractivity contribution in [2.75, 3.05) is 32.8 Å². The number of morpholine rings is 1. The van der Waals surface area contributed by atoms with Gasteiger partial charge < -0.3 is 4.74 Å². The van der Waals surface area contributed by atoms with Crippen molar-refractivity contribution < 1.29 is 22.3 Å². The summed E-state index contributed by atoms with van der Waals surface area (Å²) in [5.41, 5.74) is 1.29. The quantitative estimate of drug-likeness (QED) is 0.715. The number of carbonyl (C=O) groups is 1. The first-order chi connectivity index (χ1) is 13.4. The lowest BCUT2D eigenvalue weighted by atomic mass is 10.0. The molecule has 1 aliphatic heterocycles. The van der Waals surface area contributed by atoms with Gasteiger partial charge in [0, 0.05) is 31.2 Å². The second-order valence-corrected chi connectivity index (χ2v) is 8.42. The molecule has 0 bridgehead atoms. The third-order valence-electron chi connectivity index (χ3n) is 4.78. The number of Topliss-reactive ketones (excluding diaryl/α,β-unsaturated/α-hetero) is 1. The van der Waals surface area contributed by atoms with Gasteiger partial charge in [-0.3, -0.25) is 9.69 Å². The third-order valence-corrected chi connectivity index (χ3v) is 6.22. The standard InChI is InChI=1S/C20H23FN2O4S/c1-15(24)16-4-8-19(9-5-16)28(25,26)22-14-20(23-10-12-27-13-11-23)17-2-6-18(21)7-3-17/h2-9,20,22H,10-14H2,1H3. The van der Waals surface area contributed by atoms with Crippen molar-refractivity contribution >= 4 is 15.8 Å². The largest absolute Gasteiger partial charge is 0.379 e. The van der Waals surface area contributed by atoms with E-state index in [0.717, 1.165) is 5.56 Å². The van der Waals surface area contributed by atoms with Crippen molar-refractivity contribution in [3.05, 3.63) is 65.5 Å². The van der Waals surface area contributed by atoms with Gasteiger partial charge in [-0.25, -0.2) is 17.5 Å². The second kappa shape index (κ2) is 8.91. The van der Waals surface area contributed by atoms with E-state index in [1.54, 1.807) is 12.1 Å². The first kappa shape index (κ1) is 20.6. The number of sulfonamides is 1. The third kappa shape index (κ3) is 5.02. The summed E-state index contributed by atoms with van der Waals surface area (Å²) in [4.78, 5) is 13.6. The molecule has 1 N–H and O–H groups in total. The van der Waals surface area contributed by atoms with E-state index in [0.29, 0.717) is 31.9 Å². The van der Waals surface area contributed by atoms with Gasteiger partial charge in [-0.1, -0.05) is 24.3 Å². The van der Waals surface area contributed by atoms with Gasteiger partial charge in [-0.05, 0) is 36.8 Å². The zero-order valence-electron chi connectivity index (χ0n) is 15.6. The molecule has 2 aromatic rings. The van der Waals surface area contributed by atoms with Crippen LogP contribution in [0.5, 0.6) is 0 Å². The van der Waals surface area contributed by atoms with Crippen molar-refractivity contribution in [2.45, 2.75) is 17.9 Å². The summed E-state index contributed by atoms with van der Waals surface area (Å²) in [6.45, 7) is 4.03. The van der Waals surface area contributed by atoms with E-state index in [9.17, 15) is 17.6 Å². The zero-order chi connectivity index (χ0) is 20.1. The highest BCUT2D eigenvalue weighted by Gasteiger charge is 2.25. The maximum atomic E-state index is 13.3. The normalized spacial score (nSPS) is 16.6. The Balaban J connectivity index is 1.78. The van der Waals surface area contributed by atoms with Crippen molar-refractivity contribution in [2.24, 2.45) is 0 Å². The number of nitrogens with one attached hydrogen (secondary N) is 1. The Hall–Kier alpha value is -2.13. The van der Waals surface area contributed by atoms with Crippen LogP contribution in [0.25, 0.3) is 0 Å². The summed E-state index contributed by atoms with van der Waals surface area (Å²) in [6.07, 6.45) is 0. The van der Waals surface area contributed by atoms with Gasteiger partial charge in [0.2, 0.25) is 10.0 Å². The van der Waals surface area contributed by atoms with Crippen LogP contribution in [0, 0.1) is 5.82 Å². The molecule has 1 atom stereocenters. The lowest BCUT2D eigenvalue weighted by Crippen LogP contribution is -2.43. The zero-order valence-corrected chi connectivity index (χ0v) is 16.4. The van der Waals surface area contributed by atoms with Crippen LogP contribution in [0.2, 0.25) is 0 Å². The SMILES string of the molecule is CC(=O)c1ccc(S(=O)(=O)NCC(c2ccc(F)cc2)N2CCOCC2)cc1. The molecule has 1 unspecified atom stereocenters. The van der Waals surface area contributed by atoms with Gasteiger partial charge in [0.15, 0.2) is 5.78 Å². The van der Waals surface area contributed by atoms with E-state index in [1.807, 2.05) is 0 Å². The van der Waals surface area contributed by atoms with Gasteiger partial charge in [0.25, 0.3) is 0 Å². The second-order valence-electron chi connectivity index (χ2n) is 6.65. The van der Waals surface area contributed by atoms with Gasteiger partial charge in [0.05, 0.1) is 18.1 Å². The lowest BCUT2D eigenvalue weighted by molar-refractivity contribution is 0.0172. The molecule has 1 saturated heterocycles. The molecule has 0 amide bonds. The van der Waals surface area contributed by atoms with Crippen LogP contribution in [0.1, 0.15) is 28.9 Å². The average Bonchev–Trinajstić information content (AvgIpc) is 2.70. The monoisotopic (exact) mass is 406 g/mol. The molecular weight excluding hydrogens is 383 g/mol. The summed E-state index contributed by atoms with van der Waals surface area (Å²) >= 11 is 0. The van der Waals surface area contributed by atoms with E-state index in [1.165, 1.54) is 43.3 Å². The van der Waals surface area contributed by atoms with Crippen LogP contribution in [-0.2, 0) is 14.8 Å². The Morgan fingerprint density at radius 2 is 1.71 bits per heavy atom. The maximum Gasteiger partial charge on any atom is 0.240 e. The first-order valence-electron chi connectivity index (χ1n) is 9.05. The molecule has 0 saturated carbocycles. The fourth-order valence-electron chi connectivity index (χ4n) is 3.17. The average molecular weight is 406 g/mol. The molecule has 0 radical (unpaired) electrons. The molecule has 1 fully saturated rings. The predicted molar refractivity (Wildman–Crippen MR) is 103 cm³/mol. The van der Waals surface area contributed by atoms with Gasteiger partial charge in [-0.2, -0.15) is 0 Å². The number of hydrogen-bond acceptors (Lipinski definition) is 5. The summed E-state index contributed by atoms with van der Waals surface area (Å²) in [7, 11) is -3.75. The minimum Gasteiger partial charge on any atom is -0.379 e. The summed E-state index contributed by atoms with van der Waals surface area (Å²) in [6, 6.07) is 11.7. The molecule has 6 nitrogen and oxygen atoms in total. The van der Waals surface area contributed by atoms with E-state index >= 15 is 0 Å². The summed E-state index contributed by atoms with van der Waals surface area (Å²) in [5.74, 6) is -0.462. The smallest absolute Gasteiger partial charge is 0.240 e. The molecule has 2 aromatic carbocycles. The Morgan fingerprint density at radius 1 is 1.11 bits per heavy atom. The van der Waals surface area contributed by atoms with Gasteiger partial charge >= 0.3 is 0 Å². The number of nitrogens with zero attached hydrogens (tertiary/aromatic N) is 1. The fourth-order valence-corrected chi connectivity index (χ4v) is 4.21. The highest BCUT2D eigenvalue weighted by molar-refractivity contribution is 7.89. The number of halogens is 1. The Bertz CT molecular complexity index is 908. The summed E-state index contributed by atoms with van der Waals surface area (Å²) < 4.78 is 46.7. The topological polar surface area (TPSA) is 75.7 Å². The highest BCUT2D eigenvalue weighted by Crippen LogP contribution is 2.22. The first-order valence-corrected chi connectivity index (χ1v) is 10.5. The number of carbonyl (C=O) groups excluding carboxylic acids is 1. The Kier molecular flexibility index (Phi) is 6.56. The molecule has 0 spiro atoms. The number of benzene rings is 2. The number of rotatable bonds is 7. The van der Waals surface area contributed by atoms with E-state index in [2.05, 4.69) is 9.62 Å². The van der Waals surface area contributed by atoms with E-state index in [4.69, 9.17) is 4.74 Å². The van der Waals surface area contributed by atoms with Crippen LogP contribution >= 0.6 is 0 Å². The molecular formula is C20H23FN2O4S. The molecule has 0 aromatic heterocycles. The molecule has 28 heavy (non-hydrogen) atoms. The molecule has 3 rings (SSSR count). The highest BCUT2D eigenvalue weighted by atomic mass is 32.2. The molecule has 8 heteroatoms. The molecule has 150 valence electrons. The molecule has 0 aliphatic carbocycles.